The van der Waals surface area contributed by atoms with Crippen molar-refractivity contribution in [3.05, 3.63) is 0 Å². The van der Waals surface area contributed by atoms with Gasteiger partial charge in [-0.15, -0.1) is 0 Å². The molecule has 0 bridgehead atoms. The summed E-state index contributed by atoms with van der Waals surface area (Å²) in [6.45, 7) is 0. The first-order chi connectivity index (χ1) is 3.46. The van der Waals surface area contributed by atoms with Crippen LogP contribution in [0.3, 0.4) is 0 Å². The van der Waals surface area contributed by atoms with E-state index in [2.05, 4.69) is 0 Å². The largest absolute Gasteiger partial charge is 1.00 e. The number of carboxylic acid groups (broad SMARTS) is 4. The van der Waals surface area contributed by atoms with Gasteiger partial charge in [0.05, 0.1) is 0 Å². The van der Waals surface area contributed by atoms with E-state index in [1.807, 2.05) is 0 Å². The second kappa shape index (κ2) is 22.5. The molecule has 0 atom stereocenters. The Morgan fingerprint density at radius 3 is 1.00 bits per heavy atom. The standard InChI is InChI=1S/2CH2O3.K.2Li/c2*2-1(3)4;;;/h2*(H2,2,3,4);;;/q;;3*+1/p-3. The zero-order valence-corrected chi connectivity index (χ0v) is 9.61. The zero-order valence-electron chi connectivity index (χ0n) is 6.49. The summed E-state index contributed by atoms with van der Waals surface area (Å²) < 4.78 is 0. The van der Waals surface area contributed by atoms with E-state index in [9.17, 15) is 0 Å². The van der Waals surface area contributed by atoms with Crippen molar-refractivity contribution in [1.82, 2.24) is 0 Å². The molecular weight excluding hydrogens is 173 g/mol. The fourth-order valence-corrected chi connectivity index (χ4v) is 0. The Kier molecular flexibility index (Phi) is 60.2. The van der Waals surface area contributed by atoms with Crippen LogP contribution in [0.1, 0.15) is 0 Å². The van der Waals surface area contributed by atoms with Crippen LogP contribution in [0.25, 0.3) is 0 Å². The molecule has 0 aliphatic rings. The van der Waals surface area contributed by atoms with Gasteiger partial charge in [0.2, 0.25) is 6.16 Å². The number of hydrogen-bond acceptors (Lipinski definition) is 5. The molecular formula is C2HKLi2O6. The summed E-state index contributed by atoms with van der Waals surface area (Å²) >= 11 is 0. The van der Waals surface area contributed by atoms with Crippen LogP contribution in [-0.2, 0) is 0 Å². The van der Waals surface area contributed by atoms with Crippen molar-refractivity contribution in [1.29, 1.82) is 0 Å². The predicted molar refractivity (Wildman–Crippen MR) is 13.4 cm³/mol. The fraction of sp³-hybridized carbons (Fsp3) is 0. The molecule has 0 rings (SSSR count). The summed E-state index contributed by atoms with van der Waals surface area (Å²) in [7, 11) is 0. The Morgan fingerprint density at radius 2 is 1.00 bits per heavy atom. The van der Waals surface area contributed by atoms with Gasteiger partial charge in [0.25, 0.3) is 0 Å². The quantitative estimate of drug-likeness (QED) is 0.363. The SMILES string of the molecule is O=C([O-])O.O=C([O-])[O-].[K+].[Li+].[Li+]. The van der Waals surface area contributed by atoms with Gasteiger partial charge in [-0.1, -0.05) is 0 Å². The molecule has 0 radical (unpaired) electrons. The maximum atomic E-state index is 8.44. The van der Waals surface area contributed by atoms with Crippen molar-refractivity contribution in [2.45, 2.75) is 0 Å². The van der Waals surface area contributed by atoms with Crippen LogP contribution in [0, 0.1) is 0 Å². The molecule has 0 aliphatic carbocycles. The van der Waals surface area contributed by atoms with Crippen molar-refractivity contribution >= 4 is 12.3 Å². The van der Waals surface area contributed by atoms with Crippen LogP contribution < -0.4 is 104 Å². The van der Waals surface area contributed by atoms with Gasteiger partial charge in [-0.3, -0.25) is 0 Å². The van der Waals surface area contributed by atoms with Crippen LogP contribution in [0.5, 0.6) is 0 Å². The molecule has 11 heavy (non-hydrogen) atoms. The van der Waals surface area contributed by atoms with Crippen LogP contribution >= 0.6 is 0 Å². The molecule has 0 amide bonds. The molecule has 0 saturated carbocycles. The fourth-order valence-electron chi connectivity index (χ4n) is 0. The molecule has 1 N–H and O–H groups in total. The van der Waals surface area contributed by atoms with Gasteiger partial charge in [-0.2, -0.15) is 0 Å². The Morgan fingerprint density at radius 1 is 1.00 bits per heavy atom. The average Bonchev–Trinajstić information content (AvgIpc) is 1.25. The van der Waals surface area contributed by atoms with E-state index in [1.165, 1.54) is 0 Å². The minimum atomic E-state index is -2.33. The first-order valence-corrected chi connectivity index (χ1v) is 1.24. The van der Waals surface area contributed by atoms with E-state index in [0.29, 0.717) is 0 Å². The van der Waals surface area contributed by atoms with Crippen molar-refractivity contribution in [3.63, 3.8) is 0 Å². The van der Waals surface area contributed by atoms with E-state index in [-0.39, 0.29) is 89.1 Å². The molecule has 0 aromatic carbocycles. The summed E-state index contributed by atoms with van der Waals surface area (Å²) in [5.41, 5.74) is 0. The van der Waals surface area contributed by atoms with E-state index >= 15 is 0 Å². The molecule has 0 aromatic rings. The molecule has 0 heterocycles. The molecule has 0 unspecified atom stereocenters. The van der Waals surface area contributed by atoms with Crippen LogP contribution in [0.15, 0.2) is 0 Å². The third-order valence-corrected chi connectivity index (χ3v) is 0. The topological polar surface area (TPSA) is 124 Å². The Labute approximate surface area is 129 Å². The summed E-state index contributed by atoms with van der Waals surface area (Å²) in [4.78, 5) is 16.8. The van der Waals surface area contributed by atoms with Crippen LogP contribution in [0.4, 0.5) is 9.59 Å². The molecule has 0 spiro atoms. The van der Waals surface area contributed by atoms with E-state index in [4.69, 9.17) is 30.0 Å². The van der Waals surface area contributed by atoms with E-state index in [0.717, 1.165) is 0 Å². The molecule has 0 aliphatic heterocycles. The third-order valence-electron chi connectivity index (χ3n) is 0. The van der Waals surface area contributed by atoms with Crippen molar-refractivity contribution in [2.75, 3.05) is 0 Å². The summed E-state index contributed by atoms with van der Waals surface area (Å²) in [5, 5.41) is 32.0. The third kappa shape index (κ3) is 531. The summed E-state index contributed by atoms with van der Waals surface area (Å²) in [6.07, 6.45) is -4.42. The molecule has 6 nitrogen and oxygen atoms in total. The van der Waals surface area contributed by atoms with Gasteiger partial charge in [-0.05, 0) is 6.16 Å². The maximum Gasteiger partial charge on any atom is 1.00 e. The molecule has 0 saturated heterocycles. The molecule has 0 aromatic heterocycles. The smallest absolute Gasteiger partial charge is 0.652 e. The van der Waals surface area contributed by atoms with Gasteiger partial charge >= 0.3 is 89.1 Å². The normalized spacial score (nSPS) is 4.36. The monoisotopic (exact) mass is 174 g/mol. The second-order valence-corrected chi connectivity index (χ2v) is 0.516. The first-order valence-electron chi connectivity index (χ1n) is 1.24. The number of rotatable bonds is 0. The Bertz CT molecular complexity index is 76.6. The van der Waals surface area contributed by atoms with Gasteiger partial charge in [0, 0.05) is 0 Å². The summed E-state index contributed by atoms with van der Waals surface area (Å²) in [5.74, 6) is 0. The molecule has 9 heteroatoms. The Balaban J connectivity index is -0.0000000171. The number of carbonyl (C=O) groups excluding carboxylic acids is 1. The van der Waals surface area contributed by atoms with E-state index < -0.39 is 12.3 Å². The van der Waals surface area contributed by atoms with Gasteiger partial charge in [0.15, 0.2) is 0 Å². The first kappa shape index (κ1) is 29.4. The average molecular weight is 174 g/mol. The minimum Gasteiger partial charge on any atom is -0.652 e. The number of carbonyl (C=O) groups is 2. The van der Waals surface area contributed by atoms with Crippen molar-refractivity contribution in [3.8, 4) is 0 Å². The Hall–Kier alpha value is 1.37. The van der Waals surface area contributed by atoms with E-state index in [1.54, 1.807) is 0 Å². The zero-order chi connectivity index (χ0) is 7.15. The van der Waals surface area contributed by atoms with Gasteiger partial charge < -0.3 is 30.0 Å². The van der Waals surface area contributed by atoms with Gasteiger partial charge in [-0.25, -0.2) is 0 Å². The second-order valence-electron chi connectivity index (χ2n) is 0.516. The molecule has 48 valence electrons. The summed E-state index contributed by atoms with van der Waals surface area (Å²) in [6, 6.07) is 0. The van der Waals surface area contributed by atoms with Gasteiger partial charge in [0.1, 0.15) is 0 Å². The predicted octanol–water partition coefficient (Wildman–Crippen LogP) is -12.5. The van der Waals surface area contributed by atoms with Crippen LogP contribution in [-0.4, -0.2) is 17.4 Å². The maximum absolute atomic E-state index is 8.44. The van der Waals surface area contributed by atoms with Crippen LogP contribution in [0.2, 0.25) is 0 Å². The minimum absolute atomic E-state index is 0. The van der Waals surface area contributed by atoms with Crippen molar-refractivity contribution in [2.24, 2.45) is 0 Å². The van der Waals surface area contributed by atoms with Crippen molar-refractivity contribution < 1.29 is 119 Å². The molecule has 0 fully saturated rings. The number of hydrogen-bond donors (Lipinski definition) is 1.